The number of carbonyl (C=O) groups excluding carboxylic acids is 1. The number of rotatable bonds is 5. The van der Waals surface area contributed by atoms with E-state index in [4.69, 9.17) is 0 Å². The van der Waals surface area contributed by atoms with Gasteiger partial charge in [-0.15, -0.1) is 11.3 Å². The van der Waals surface area contributed by atoms with Gasteiger partial charge in [0.2, 0.25) is 5.91 Å². The number of aryl methyl sites for hydroxylation is 1. The molecule has 21 heavy (non-hydrogen) atoms. The summed E-state index contributed by atoms with van der Waals surface area (Å²) in [6.45, 7) is 6.59. The van der Waals surface area contributed by atoms with Gasteiger partial charge in [0.05, 0.1) is 6.54 Å². The number of anilines is 1. The van der Waals surface area contributed by atoms with Crippen LogP contribution in [0.5, 0.6) is 0 Å². The molecule has 0 radical (unpaired) electrons. The Kier molecular flexibility index (Phi) is 5.15. The van der Waals surface area contributed by atoms with Gasteiger partial charge >= 0.3 is 0 Å². The van der Waals surface area contributed by atoms with Crippen LogP contribution in [0.2, 0.25) is 0 Å². The van der Waals surface area contributed by atoms with Gasteiger partial charge in [-0.3, -0.25) is 9.69 Å². The van der Waals surface area contributed by atoms with Crippen molar-refractivity contribution in [2.24, 2.45) is 0 Å². The quantitative estimate of drug-likeness (QED) is 0.905. The van der Waals surface area contributed by atoms with E-state index in [0.29, 0.717) is 6.54 Å². The minimum atomic E-state index is 0.0228. The molecule has 0 aliphatic carbocycles. The van der Waals surface area contributed by atoms with Crippen molar-refractivity contribution in [2.45, 2.75) is 26.8 Å². The number of thiophene rings is 1. The predicted molar refractivity (Wildman–Crippen MR) is 89.9 cm³/mol. The molecule has 0 bridgehead atoms. The molecule has 1 aromatic carbocycles. The van der Waals surface area contributed by atoms with Crippen LogP contribution in [-0.4, -0.2) is 24.4 Å². The lowest BCUT2D eigenvalue weighted by Gasteiger charge is -2.23. The number of likely N-dealkylation sites (N-methyl/N-ethyl adjacent to an activating group) is 1. The van der Waals surface area contributed by atoms with Gasteiger partial charge in [-0.1, -0.05) is 18.2 Å². The van der Waals surface area contributed by atoms with Crippen molar-refractivity contribution in [3.05, 3.63) is 51.7 Å². The number of amides is 1. The molecule has 1 amide bonds. The summed E-state index contributed by atoms with van der Waals surface area (Å²) in [7, 11) is 1.98. The molecule has 1 N–H and O–H groups in total. The highest BCUT2D eigenvalue weighted by Gasteiger charge is 2.16. The van der Waals surface area contributed by atoms with Crippen LogP contribution in [0, 0.1) is 13.8 Å². The zero-order valence-corrected chi connectivity index (χ0v) is 13.8. The summed E-state index contributed by atoms with van der Waals surface area (Å²) in [4.78, 5) is 15.5. The van der Waals surface area contributed by atoms with Gasteiger partial charge in [0.25, 0.3) is 0 Å². The van der Waals surface area contributed by atoms with Gasteiger partial charge in [-0.05, 0) is 56.5 Å². The van der Waals surface area contributed by atoms with Gasteiger partial charge in [0, 0.05) is 16.6 Å². The number of hydrogen-bond donors (Lipinski definition) is 1. The van der Waals surface area contributed by atoms with E-state index in [1.165, 1.54) is 10.4 Å². The number of carbonyl (C=O) groups is 1. The van der Waals surface area contributed by atoms with Gasteiger partial charge in [-0.25, -0.2) is 0 Å². The summed E-state index contributed by atoms with van der Waals surface area (Å²) in [6.07, 6.45) is 0. The SMILES string of the molecule is Cc1cccc(NC(=O)CN(C)C(C)c2cccs2)c1C. The van der Waals surface area contributed by atoms with E-state index in [2.05, 4.69) is 41.6 Å². The lowest BCUT2D eigenvalue weighted by molar-refractivity contribution is -0.117. The zero-order valence-electron chi connectivity index (χ0n) is 13.0. The highest BCUT2D eigenvalue weighted by Crippen LogP contribution is 2.23. The Bertz CT molecular complexity index is 607. The Balaban J connectivity index is 1.97. The third kappa shape index (κ3) is 3.93. The molecule has 0 saturated heterocycles. The van der Waals surface area contributed by atoms with E-state index in [1.54, 1.807) is 11.3 Å². The lowest BCUT2D eigenvalue weighted by Crippen LogP contribution is -2.32. The lowest BCUT2D eigenvalue weighted by atomic mass is 10.1. The number of nitrogens with zero attached hydrogens (tertiary/aromatic N) is 1. The van der Waals surface area contributed by atoms with Gasteiger partial charge in [-0.2, -0.15) is 0 Å². The molecular weight excluding hydrogens is 280 g/mol. The molecule has 0 spiro atoms. The molecule has 0 aliphatic heterocycles. The highest BCUT2D eigenvalue weighted by atomic mass is 32.1. The summed E-state index contributed by atoms with van der Waals surface area (Å²) in [5.74, 6) is 0.0228. The molecular formula is C17H22N2OS. The smallest absolute Gasteiger partial charge is 0.238 e. The predicted octanol–water partition coefficient (Wildman–Crippen LogP) is 4.00. The van der Waals surface area contributed by atoms with E-state index in [-0.39, 0.29) is 11.9 Å². The fourth-order valence-electron chi connectivity index (χ4n) is 2.19. The average Bonchev–Trinajstić information content (AvgIpc) is 2.97. The van der Waals surface area contributed by atoms with Crippen molar-refractivity contribution in [1.29, 1.82) is 0 Å². The maximum atomic E-state index is 12.2. The number of hydrogen-bond acceptors (Lipinski definition) is 3. The van der Waals surface area contributed by atoms with Crippen molar-refractivity contribution < 1.29 is 4.79 Å². The van der Waals surface area contributed by atoms with Crippen LogP contribution in [0.1, 0.15) is 29.0 Å². The van der Waals surface area contributed by atoms with E-state index >= 15 is 0 Å². The molecule has 1 atom stereocenters. The van der Waals surface area contributed by atoms with Crippen LogP contribution in [0.3, 0.4) is 0 Å². The van der Waals surface area contributed by atoms with E-state index < -0.39 is 0 Å². The monoisotopic (exact) mass is 302 g/mol. The van der Waals surface area contributed by atoms with E-state index in [9.17, 15) is 4.79 Å². The standard InChI is InChI=1S/C17H22N2OS/c1-12-7-5-8-15(13(12)2)18-17(20)11-19(4)14(3)16-9-6-10-21-16/h5-10,14H,11H2,1-4H3,(H,18,20). The van der Waals surface area contributed by atoms with Crippen LogP contribution in [-0.2, 0) is 4.79 Å². The Hall–Kier alpha value is -1.65. The second kappa shape index (κ2) is 6.87. The Labute approximate surface area is 130 Å². The molecule has 1 unspecified atom stereocenters. The van der Waals surface area contributed by atoms with Crippen LogP contribution in [0.4, 0.5) is 5.69 Å². The Morgan fingerprint density at radius 3 is 2.71 bits per heavy atom. The minimum Gasteiger partial charge on any atom is -0.325 e. The first-order valence-electron chi connectivity index (χ1n) is 7.08. The van der Waals surface area contributed by atoms with Crippen molar-refractivity contribution in [3.63, 3.8) is 0 Å². The highest BCUT2D eigenvalue weighted by molar-refractivity contribution is 7.10. The van der Waals surface area contributed by atoms with Crippen LogP contribution < -0.4 is 5.32 Å². The third-order valence-corrected chi connectivity index (χ3v) is 4.93. The normalized spacial score (nSPS) is 12.4. The molecule has 1 heterocycles. The van der Waals surface area contributed by atoms with Crippen molar-refractivity contribution in [1.82, 2.24) is 4.90 Å². The van der Waals surface area contributed by atoms with Crippen LogP contribution in [0.25, 0.3) is 0 Å². The molecule has 0 aliphatic rings. The molecule has 3 nitrogen and oxygen atoms in total. The molecule has 112 valence electrons. The minimum absolute atomic E-state index is 0.0228. The van der Waals surface area contributed by atoms with Gasteiger partial charge < -0.3 is 5.32 Å². The second-order valence-corrected chi connectivity index (χ2v) is 6.38. The fraction of sp³-hybridized carbons (Fsp3) is 0.353. The van der Waals surface area contributed by atoms with Crippen LogP contribution in [0.15, 0.2) is 35.7 Å². The van der Waals surface area contributed by atoms with Crippen LogP contribution >= 0.6 is 11.3 Å². The molecule has 1 aromatic heterocycles. The van der Waals surface area contributed by atoms with Gasteiger partial charge in [0.15, 0.2) is 0 Å². The summed E-state index contributed by atoms with van der Waals surface area (Å²) < 4.78 is 0. The first kappa shape index (κ1) is 15.7. The first-order valence-corrected chi connectivity index (χ1v) is 7.96. The molecule has 2 aromatic rings. The van der Waals surface area contributed by atoms with Gasteiger partial charge in [0.1, 0.15) is 0 Å². The maximum absolute atomic E-state index is 12.2. The summed E-state index contributed by atoms with van der Waals surface area (Å²) in [5.41, 5.74) is 3.21. The molecule has 2 rings (SSSR count). The first-order chi connectivity index (χ1) is 9.99. The number of benzene rings is 1. The fourth-order valence-corrected chi connectivity index (χ4v) is 3.03. The summed E-state index contributed by atoms with van der Waals surface area (Å²) in [5, 5.41) is 5.07. The van der Waals surface area contributed by atoms with E-state index in [0.717, 1.165) is 11.3 Å². The van der Waals surface area contributed by atoms with E-state index in [1.807, 2.05) is 32.2 Å². The topological polar surface area (TPSA) is 32.3 Å². The molecule has 0 saturated carbocycles. The average molecular weight is 302 g/mol. The number of nitrogens with one attached hydrogen (secondary N) is 1. The third-order valence-electron chi connectivity index (χ3n) is 3.89. The maximum Gasteiger partial charge on any atom is 0.238 e. The molecule has 0 fully saturated rings. The Morgan fingerprint density at radius 1 is 1.29 bits per heavy atom. The largest absolute Gasteiger partial charge is 0.325 e. The Morgan fingerprint density at radius 2 is 2.05 bits per heavy atom. The zero-order chi connectivity index (χ0) is 15.4. The van der Waals surface area contributed by atoms with Crippen molar-refractivity contribution in [2.75, 3.05) is 18.9 Å². The summed E-state index contributed by atoms with van der Waals surface area (Å²) in [6, 6.07) is 10.4. The summed E-state index contributed by atoms with van der Waals surface area (Å²) >= 11 is 1.72. The molecule has 4 heteroatoms. The van der Waals surface area contributed by atoms with Crippen molar-refractivity contribution in [3.8, 4) is 0 Å². The second-order valence-electron chi connectivity index (χ2n) is 5.40. The van der Waals surface area contributed by atoms with Crippen molar-refractivity contribution >= 4 is 22.9 Å².